The molecule has 45 heavy (non-hydrogen) atoms. The van der Waals surface area contributed by atoms with Gasteiger partial charge in [-0.2, -0.15) is 29.8 Å². The Kier molecular flexibility index (Phi) is 14.3. The second kappa shape index (κ2) is 16.5. The molecule has 0 N–H and O–H groups in total. The molecule has 6 rings (SSSR count). The van der Waals surface area contributed by atoms with E-state index in [1.54, 1.807) is 0 Å². The molecule has 0 radical (unpaired) electrons. The van der Waals surface area contributed by atoms with Crippen molar-refractivity contribution in [2.24, 2.45) is 5.92 Å². The van der Waals surface area contributed by atoms with Crippen LogP contribution in [0.4, 0.5) is 0 Å². The third-order valence-electron chi connectivity index (χ3n) is 8.12. The topological polar surface area (TPSA) is 0 Å². The van der Waals surface area contributed by atoms with Crippen molar-refractivity contribution in [3.05, 3.63) is 154 Å². The first-order valence-corrected chi connectivity index (χ1v) is 16.6. The minimum atomic E-state index is 0. The molecular weight excluding hydrogens is 667 g/mol. The molecular formula is C42H46Cl2Zr-2. The van der Waals surface area contributed by atoms with Gasteiger partial charge in [0.2, 0.25) is 0 Å². The zero-order chi connectivity index (χ0) is 31.4. The molecule has 2 aliphatic rings. The standard InChI is InChI=1S/C21H25.C13H10.C8H11.2ClH.Zr/c1-20(2,3)16-7-9-18-14(12-16)11-15-13-17(21(4,5)6)8-10-19(15)18;1-3-7-12(8-4-1)11-13-9-5-2-6-10-13;1-6-4-7(2)8(3)5-6;;;/h7-10,12H,11H2,1-6H3;1-10H;4,6H,1-3H3;2*1H;/q-1;;-1;;;+2/p-2. The number of benzene rings is 4. The summed E-state index contributed by atoms with van der Waals surface area (Å²) < 4.78 is 1.42. The molecule has 3 heteroatoms. The van der Waals surface area contributed by atoms with E-state index in [9.17, 15) is 0 Å². The Morgan fingerprint density at radius 3 is 1.67 bits per heavy atom. The zero-order valence-electron chi connectivity index (χ0n) is 28.3. The van der Waals surface area contributed by atoms with Gasteiger partial charge in [0, 0.05) is 0 Å². The first kappa shape index (κ1) is 38.9. The normalized spacial score (nSPS) is 14.5. The molecule has 0 amide bonds. The first-order chi connectivity index (χ1) is 20.2. The molecule has 0 nitrogen and oxygen atoms in total. The van der Waals surface area contributed by atoms with Crippen LogP contribution in [0, 0.1) is 18.1 Å². The van der Waals surface area contributed by atoms with Gasteiger partial charge in [-0.1, -0.05) is 85.1 Å². The van der Waals surface area contributed by atoms with Gasteiger partial charge >= 0.3 is 99.2 Å². The molecule has 0 spiro atoms. The Morgan fingerprint density at radius 2 is 1.24 bits per heavy atom. The molecule has 0 saturated heterocycles. The summed E-state index contributed by atoms with van der Waals surface area (Å²) in [4.78, 5) is 0. The van der Waals surface area contributed by atoms with Gasteiger partial charge in [-0.25, -0.2) is 11.1 Å². The van der Waals surface area contributed by atoms with Crippen molar-refractivity contribution in [3.63, 3.8) is 0 Å². The van der Waals surface area contributed by atoms with Gasteiger partial charge in [-0.3, -0.25) is 6.08 Å². The van der Waals surface area contributed by atoms with Crippen LogP contribution in [0.1, 0.15) is 95.7 Å². The number of halogens is 2. The van der Waals surface area contributed by atoms with Crippen molar-refractivity contribution in [2.45, 2.75) is 79.6 Å². The maximum absolute atomic E-state index is 3.67. The van der Waals surface area contributed by atoms with Crippen LogP contribution in [0.5, 0.6) is 0 Å². The fraction of sp³-hybridized carbons (Fsp3) is 0.310. The molecule has 4 aromatic carbocycles. The molecule has 0 heterocycles. The van der Waals surface area contributed by atoms with Crippen LogP contribution in [0.15, 0.2) is 108 Å². The van der Waals surface area contributed by atoms with E-state index >= 15 is 0 Å². The van der Waals surface area contributed by atoms with Crippen LogP contribution in [-0.4, -0.2) is 3.21 Å². The van der Waals surface area contributed by atoms with Crippen LogP contribution >= 0.6 is 0 Å². The van der Waals surface area contributed by atoms with E-state index in [4.69, 9.17) is 0 Å². The van der Waals surface area contributed by atoms with Gasteiger partial charge in [-0.15, -0.1) is 18.1 Å². The van der Waals surface area contributed by atoms with Crippen LogP contribution in [0.3, 0.4) is 0 Å². The van der Waals surface area contributed by atoms with Crippen LogP contribution in [0.2, 0.25) is 0 Å². The molecule has 4 aromatic rings. The molecule has 0 aromatic heterocycles. The third-order valence-corrected chi connectivity index (χ3v) is 9.54. The zero-order valence-corrected chi connectivity index (χ0v) is 32.2. The summed E-state index contributed by atoms with van der Waals surface area (Å²) in [5.74, 6) is 0.551. The Bertz CT molecular complexity index is 1510. The average Bonchev–Trinajstić information content (AvgIpc) is 3.49. The Morgan fingerprint density at radius 1 is 0.711 bits per heavy atom. The monoisotopic (exact) mass is 710 g/mol. The number of allylic oxidation sites excluding steroid dienone is 4. The number of rotatable bonds is 2. The summed E-state index contributed by atoms with van der Waals surface area (Å²) in [6.07, 6.45) is 6.55. The first-order valence-electron chi connectivity index (χ1n) is 15.4. The van der Waals surface area contributed by atoms with E-state index in [2.05, 4.69) is 172 Å². The van der Waals surface area contributed by atoms with Crippen molar-refractivity contribution < 1.29 is 49.0 Å². The van der Waals surface area contributed by atoms with E-state index in [-0.39, 0.29) is 35.6 Å². The van der Waals surface area contributed by atoms with Gasteiger partial charge in [0.25, 0.3) is 0 Å². The SMILES string of the molecule is CC(C)(C)c1[c-]c2c(cc1)-c1ccc(C(C)(C)C)cc1C2.CC1=[C-]C(C)C=C1C.[Cl-].[Cl-].[Zr+2]=[C](c1ccccc1)c1ccccc1. The predicted octanol–water partition coefficient (Wildman–Crippen LogP) is 4.80. The van der Waals surface area contributed by atoms with E-state index in [0.29, 0.717) is 5.92 Å². The van der Waals surface area contributed by atoms with Crippen molar-refractivity contribution in [1.82, 2.24) is 0 Å². The van der Waals surface area contributed by atoms with Crippen molar-refractivity contribution in [3.8, 4) is 11.1 Å². The molecule has 0 saturated carbocycles. The summed E-state index contributed by atoms with van der Waals surface area (Å²) in [6.45, 7) is 20.0. The summed E-state index contributed by atoms with van der Waals surface area (Å²) >= 11 is 1.46. The Balaban J connectivity index is 0.000000254. The third kappa shape index (κ3) is 10.3. The molecule has 1 unspecified atom stereocenters. The molecule has 0 fully saturated rings. The van der Waals surface area contributed by atoms with Crippen LogP contribution in [0.25, 0.3) is 11.1 Å². The van der Waals surface area contributed by atoms with E-state index in [0.717, 1.165) is 6.42 Å². The summed E-state index contributed by atoms with van der Waals surface area (Å²) in [7, 11) is 0. The second-order valence-corrected chi connectivity index (χ2v) is 15.1. The average molecular weight is 713 g/mol. The van der Waals surface area contributed by atoms with Crippen molar-refractivity contribution in [2.75, 3.05) is 0 Å². The van der Waals surface area contributed by atoms with E-state index in [1.807, 2.05) is 0 Å². The van der Waals surface area contributed by atoms with Gasteiger partial charge in [0.15, 0.2) is 0 Å². The summed E-state index contributed by atoms with van der Waals surface area (Å²) in [5.41, 5.74) is 14.1. The fourth-order valence-electron chi connectivity index (χ4n) is 5.40. The van der Waals surface area contributed by atoms with E-state index < -0.39 is 0 Å². The maximum atomic E-state index is 3.67. The van der Waals surface area contributed by atoms with Crippen molar-refractivity contribution >= 4 is 3.21 Å². The number of hydrogen-bond donors (Lipinski definition) is 0. The minimum absolute atomic E-state index is 0. The van der Waals surface area contributed by atoms with Crippen LogP contribution in [-0.2, 0) is 41.5 Å². The quantitative estimate of drug-likeness (QED) is 0.231. The van der Waals surface area contributed by atoms with Crippen LogP contribution < -0.4 is 24.8 Å². The van der Waals surface area contributed by atoms with E-state index in [1.165, 1.54) is 83.1 Å². The Labute approximate surface area is 300 Å². The Hall–Kier alpha value is -2.31. The molecule has 1 atom stereocenters. The predicted molar refractivity (Wildman–Crippen MR) is 182 cm³/mol. The molecule has 0 aliphatic heterocycles. The van der Waals surface area contributed by atoms with Gasteiger partial charge in [0.1, 0.15) is 0 Å². The van der Waals surface area contributed by atoms with Gasteiger partial charge < -0.3 is 24.8 Å². The summed E-state index contributed by atoms with van der Waals surface area (Å²) in [5, 5.41) is 0. The second-order valence-electron chi connectivity index (χ2n) is 13.8. The van der Waals surface area contributed by atoms with Gasteiger partial charge in [0.05, 0.1) is 0 Å². The van der Waals surface area contributed by atoms with Gasteiger partial charge in [-0.05, 0) is 28.4 Å². The molecule has 234 valence electrons. The summed E-state index contributed by atoms with van der Waals surface area (Å²) in [6, 6.07) is 36.3. The number of hydrogen-bond acceptors (Lipinski definition) is 0. The van der Waals surface area contributed by atoms with Crippen molar-refractivity contribution in [1.29, 1.82) is 0 Å². The number of fused-ring (bicyclic) bond motifs is 3. The molecule has 2 aliphatic carbocycles. The molecule has 0 bridgehead atoms. The fourth-order valence-corrected chi connectivity index (χ4v) is 6.22.